The van der Waals surface area contributed by atoms with Crippen molar-refractivity contribution in [3.8, 4) is 0 Å². The lowest BCUT2D eigenvalue weighted by molar-refractivity contribution is -0.137. The van der Waals surface area contributed by atoms with Crippen molar-refractivity contribution in [2.24, 2.45) is 10.2 Å². The lowest BCUT2D eigenvalue weighted by Gasteiger charge is -2.08. The summed E-state index contributed by atoms with van der Waals surface area (Å²) >= 11 is 0. The number of imidazole rings is 1. The van der Waals surface area contributed by atoms with Gasteiger partial charge in [-0.15, -0.1) is 10.2 Å². The minimum atomic E-state index is -4.48. The molecule has 1 aromatic carbocycles. The fraction of sp³-hybridized carbons (Fsp3) is 0.235. The summed E-state index contributed by atoms with van der Waals surface area (Å²) in [7, 11) is 0. The maximum atomic E-state index is 13.1. The zero-order valence-corrected chi connectivity index (χ0v) is 13.1. The zero-order chi connectivity index (χ0) is 17.3. The number of hydrogen-bond donors (Lipinski definition) is 0. The van der Waals surface area contributed by atoms with Crippen LogP contribution in [0.5, 0.6) is 0 Å². The Morgan fingerprint density at radius 2 is 1.71 bits per heavy atom. The van der Waals surface area contributed by atoms with Crippen LogP contribution in [0, 0.1) is 0 Å². The van der Waals surface area contributed by atoms with Crippen molar-refractivity contribution >= 4 is 17.2 Å². The minimum absolute atomic E-state index is 0.0664. The van der Waals surface area contributed by atoms with E-state index >= 15 is 0 Å². The number of hydrogen-bond acceptors (Lipinski definition) is 3. The quantitative estimate of drug-likeness (QED) is 0.551. The Balaban J connectivity index is 2.11. The smallest absolute Gasteiger partial charge is 0.283 e. The van der Waals surface area contributed by atoms with Gasteiger partial charge in [0.25, 0.3) is 0 Å². The van der Waals surface area contributed by atoms with E-state index in [1.165, 1.54) is 18.2 Å². The summed E-state index contributed by atoms with van der Waals surface area (Å²) < 4.78 is 40.9. The van der Waals surface area contributed by atoms with Gasteiger partial charge < -0.3 is 0 Å². The third-order valence-electron chi connectivity index (χ3n) is 3.54. The van der Waals surface area contributed by atoms with E-state index in [0.29, 0.717) is 17.2 Å². The molecule has 0 radical (unpaired) electrons. The first-order valence-electron chi connectivity index (χ1n) is 7.43. The lowest BCUT2D eigenvalue weighted by atomic mass is 10.1. The Kier molecular flexibility index (Phi) is 4.09. The summed E-state index contributed by atoms with van der Waals surface area (Å²) in [5.74, 6) is 0.509. The Morgan fingerprint density at radius 1 is 1.00 bits per heavy atom. The predicted octanol–water partition coefficient (Wildman–Crippen LogP) is 5.89. The average molecular weight is 332 g/mol. The number of pyridine rings is 1. The van der Waals surface area contributed by atoms with Crippen molar-refractivity contribution in [2.75, 3.05) is 0 Å². The fourth-order valence-corrected chi connectivity index (χ4v) is 2.39. The molecule has 0 saturated heterocycles. The molecule has 0 amide bonds. The molecule has 124 valence electrons. The third kappa shape index (κ3) is 3.02. The van der Waals surface area contributed by atoms with Gasteiger partial charge in [-0.25, -0.2) is 4.98 Å². The number of aromatic nitrogens is 2. The van der Waals surface area contributed by atoms with Gasteiger partial charge >= 0.3 is 6.18 Å². The van der Waals surface area contributed by atoms with Crippen molar-refractivity contribution in [3.63, 3.8) is 0 Å². The minimum Gasteiger partial charge on any atom is -0.283 e. The summed E-state index contributed by atoms with van der Waals surface area (Å²) in [6.07, 6.45) is -2.71. The van der Waals surface area contributed by atoms with Crippen LogP contribution in [0.4, 0.5) is 24.7 Å². The number of benzene rings is 1. The van der Waals surface area contributed by atoms with E-state index in [0.717, 1.165) is 6.07 Å². The summed E-state index contributed by atoms with van der Waals surface area (Å²) in [6, 6.07) is 10.6. The Hall–Kier alpha value is -2.70. The van der Waals surface area contributed by atoms with Gasteiger partial charge in [0, 0.05) is 6.20 Å². The molecular weight excluding hydrogens is 317 g/mol. The van der Waals surface area contributed by atoms with Crippen molar-refractivity contribution in [1.29, 1.82) is 0 Å². The highest BCUT2D eigenvalue weighted by atomic mass is 19.4. The monoisotopic (exact) mass is 332 g/mol. The first kappa shape index (κ1) is 16.2. The standard InChI is InChI=1S/C17H15F3N4/c1-11(2)15-16(24-10-6-5-9-14(24)21-15)23-22-13-8-4-3-7-12(13)17(18,19)20/h3-11H,1-2H3. The summed E-state index contributed by atoms with van der Waals surface area (Å²) in [5.41, 5.74) is 0.341. The summed E-state index contributed by atoms with van der Waals surface area (Å²) in [6.45, 7) is 3.90. The van der Waals surface area contributed by atoms with E-state index in [4.69, 9.17) is 0 Å². The second-order valence-electron chi connectivity index (χ2n) is 5.62. The Morgan fingerprint density at radius 3 is 2.42 bits per heavy atom. The van der Waals surface area contributed by atoms with E-state index in [1.807, 2.05) is 32.0 Å². The Labute approximate surface area is 136 Å². The molecule has 0 aliphatic rings. The molecule has 0 aliphatic carbocycles. The number of halogens is 3. The maximum absolute atomic E-state index is 13.1. The predicted molar refractivity (Wildman–Crippen MR) is 84.9 cm³/mol. The van der Waals surface area contributed by atoms with Crippen LogP contribution < -0.4 is 0 Å². The van der Waals surface area contributed by atoms with E-state index in [9.17, 15) is 13.2 Å². The van der Waals surface area contributed by atoms with Gasteiger partial charge in [-0.3, -0.25) is 4.40 Å². The highest BCUT2D eigenvalue weighted by Gasteiger charge is 2.33. The van der Waals surface area contributed by atoms with Crippen LogP contribution in [0.2, 0.25) is 0 Å². The topological polar surface area (TPSA) is 42.0 Å². The van der Waals surface area contributed by atoms with Crippen LogP contribution in [0.3, 0.4) is 0 Å². The molecule has 0 atom stereocenters. The van der Waals surface area contributed by atoms with Crippen molar-refractivity contribution in [1.82, 2.24) is 9.38 Å². The molecule has 0 spiro atoms. The summed E-state index contributed by atoms with van der Waals surface area (Å²) in [4.78, 5) is 4.48. The van der Waals surface area contributed by atoms with Crippen LogP contribution >= 0.6 is 0 Å². The van der Waals surface area contributed by atoms with Crippen molar-refractivity contribution < 1.29 is 13.2 Å². The third-order valence-corrected chi connectivity index (χ3v) is 3.54. The molecule has 0 aliphatic heterocycles. The van der Waals surface area contributed by atoms with Crippen molar-refractivity contribution in [3.05, 3.63) is 59.9 Å². The number of azo groups is 1. The van der Waals surface area contributed by atoms with Gasteiger partial charge in [0.15, 0.2) is 5.82 Å². The maximum Gasteiger partial charge on any atom is 0.418 e. The largest absolute Gasteiger partial charge is 0.418 e. The van der Waals surface area contributed by atoms with Gasteiger partial charge in [-0.2, -0.15) is 13.2 Å². The molecule has 0 saturated carbocycles. The van der Waals surface area contributed by atoms with Gasteiger partial charge in [0.2, 0.25) is 0 Å². The van der Waals surface area contributed by atoms with Gasteiger partial charge in [0.1, 0.15) is 5.65 Å². The van der Waals surface area contributed by atoms with E-state index in [2.05, 4.69) is 15.2 Å². The molecule has 0 fully saturated rings. The number of fused-ring (bicyclic) bond motifs is 1. The average Bonchev–Trinajstić information content (AvgIpc) is 2.91. The summed E-state index contributed by atoms with van der Waals surface area (Å²) in [5, 5.41) is 7.94. The van der Waals surface area contributed by atoms with Gasteiger partial charge in [-0.05, 0) is 30.2 Å². The van der Waals surface area contributed by atoms with Gasteiger partial charge in [-0.1, -0.05) is 32.0 Å². The first-order valence-corrected chi connectivity index (χ1v) is 7.43. The second-order valence-corrected chi connectivity index (χ2v) is 5.62. The molecule has 0 N–H and O–H groups in total. The van der Waals surface area contributed by atoms with Crippen LogP contribution in [-0.4, -0.2) is 9.38 Å². The van der Waals surface area contributed by atoms with Crippen molar-refractivity contribution in [2.45, 2.75) is 25.9 Å². The Bertz CT molecular complexity index is 894. The second kappa shape index (κ2) is 6.07. The first-order chi connectivity index (χ1) is 11.4. The molecule has 4 nitrogen and oxygen atoms in total. The molecule has 0 bridgehead atoms. The molecular formula is C17H15F3N4. The highest BCUT2D eigenvalue weighted by Crippen LogP contribution is 2.37. The van der Waals surface area contributed by atoms with Crippen LogP contribution in [-0.2, 0) is 6.18 Å². The molecule has 7 heteroatoms. The molecule has 24 heavy (non-hydrogen) atoms. The van der Waals surface area contributed by atoms with E-state index < -0.39 is 11.7 Å². The zero-order valence-electron chi connectivity index (χ0n) is 13.1. The lowest BCUT2D eigenvalue weighted by Crippen LogP contribution is -2.04. The number of nitrogens with zero attached hydrogens (tertiary/aromatic N) is 4. The molecule has 2 aromatic heterocycles. The van der Waals surface area contributed by atoms with E-state index in [-0.39, 0.29) is 11.6 Å². The van der Waals surface area contributed by atoms with Gasteiger partial charge in [0.05, 0.1) is 16.9 Å². The highest BCUT2D eigenvalue weighted by molar-refractivity contribution is 5.54. The fourth-order valence-electron chi connectivity index (χ4n) is 2.39. The van der Waals surface area contributed by atoms with E-state index in [1.54, 1.807) is 10.6 Å². The number of rotatable bonds is 3. The van der Waals surface area contributed by atoms with Crippen LogP contribution in [0.1, 0.15) is 31.0 Å². The molecule has 3 rings (SSSR count). The number of alkyl halides is 3. The SMILES string of the molecule is CC(C)c1nc2ccccn2c1N=Nc1ccccc1C(F)(F)F. The molecule has 0 unspecified atom stereocenters. The molecule has 3 aromatic rings. The van der Waals surface area contributed by atoms with Crippen LogP contribution in [0.15, 0.2) is 58.9 Å². The normalized spacial score (nSPS) is 12.6. The molecule has 2 heterocycles. The van der Waals surface area contributed by atoms with Crippen LogP contribution in [0.25, 0.3) is 5.65 Å².